The lowest BCUT2D eigenvalue weighted by Crippen LogP contribution is -2.35. The van der Waals surface area contributed by atoms with Gasteiger partial charge in [-0.15, -0.1) is 22.0 Å². The summed E-state index contributed by atoms with van der Waals surface area (Å²) >= 11 is 4.93. The van der Waals surface area contributed by atoms with Gasteiger partial charge in [0.05, 0.1) is 5.69 Å². The number of carbonyl (C=O) groups is 1. The van der Waals surface area contributed by atoms with Gasteiger partial charge in [-0.25, -0.2) is 0 Å². The standard InChI is InChI=1S/C21H17N3O2S3/c1-13-22-23-21(29-13)28-12-15-14-6-2-4-8-17(14)26-19(15)20(25)24-10-11-27-18-9-5-3-7-16(18)24/h2-9H,10-12H2,1H3. The fraction of sp³-hybridized carbons (Fsp3) is 0.190. The highest BCUT2D eigenvalue weighted by atomic mass is 32.2. The van der Waals surface area contributed by atoms with Crippen LogP contribution >= 0.6 is 34.9 Å². The number of hydrogen-bond donors (Lipinski definition) is 0. The lowest BCUT2D eigenvalue weighted by Gasteiger charge is -2.28. The number of benzene rings is 2. The van der Waals surface area contributed by atoms with E-state index >= 15 is 0 Å². The van der Waals surface area contributed by atoms with Crippen molar-refractivity contribution < 1.29 is 9.21 Å². The van der Waals surface area contributed by atoms with Crippen molar-refractivity contribution >= 4 is 57.4 Å². The van der Waals surface area contributed by atoms with Crippen molar-refractivity contribution in [2.45, 2.75) is 21.9 Å². The highest BCUT2D eigenvalue weighted by Gasteiger charge is 2.29. The quantitative estimate of drug-likeness (QED) is 0.384. The summed E-state index contributed by atoms with van der Waals surface area (Å²) in [7, 11) is 0. The second-order valence-corrected chi connectivity index (χ2v) is 10.1. The Kier molecular flexibility index (Phi) is 5.07. The van der Waals surface area contributed by atoms with Gasteiger partial charge in [-0.3, -0.25) is 4.79 Å². The molecule has 0 fully saturated rings. The van der Waals surface area contributed by atoms with E-state index in [1.807, 2.05) is 54.3 Å². The van der Waals surface area contributed by atoms with E-state index in [1.54, 1.807) is 34.9 Å². The van der Waals surface area contributed by atoms with Crippen LogP contribution in [0.4, 0.5) is 5.69 Å². The number of aryl methyl sites for hydroxylation is 1. The number of carbonyl (C=O) groups excluding carboxylic acids is 1. The number of nitrogens with zero attached hydrogens (tertiary/aromatic N) is 3. The Hall–Kier alpha value is -2.29. The summed E-state index contributed by atoms with van der Waals surface area (Å²) < 4.78 is 6.97. The van der Waals surface area contributed by atoms with Gasteiger partial charge in [0, 0.05) is 33.9 Å². The van der Waals surface area contributed by atoms with Crippen molar-refractivity contribution in [2.75, 3.05) is 17.2 Å². The molecule has 5 rings (SSSR count). The van der Waals surface area contributed by atoms with Crippen LogP contribution in [-0.4, -0.2) is 28.4 Å². The average Bonchev–Trinajstić information content (AvgIpc) is 3.34. The average molecular weight is 440 g/mol. The topological polar surface area (TPSA) is 59.2 Å². The van der Waals surface area contributed by atoms with Crippen molar-refractivity contribution in [3.63, 3.8) is 0 Å². The molecule has 2 aromatic heterocycles. The number of anilines is 1. The molecule has 1 aliphatic rings. The van der Waals surface area contributed by atoms with Gasteiger partial charge in [0.1, 0.15) is 10.6 Å². The third-order valence-electron chi connectivity index (χ3n) is 4.71. The lowest BCUT2D eigenvalue weighted by molar-refractivity contribution is 0.0962. The maximum Gasteiger partial charge on any atom is 0.294 e. The minimum Gasteiger partial charge on any atom is -0.451 e. The first-order valence-electron chi connectivity index (χ1n) is 9.18. The number of amides is 1. The van der Waals surface area contributed by atoms with Gasteiger partial charge in [0.25, 0.3) is 5.91 Å². The molecule has 0 spiro atoms. The van der Waals surface area contributed by atoms with E-state index in [2.05, 4.69) is 16.3 Å². The Bertz CT molecular complexity index is 1200. The summed E-state index contributed by atoms with van der Waals surface area (Å²) in [5, 5.41) is 10.2. The molecule has 3 heterocycles. The molecule has 0 bridgehead atoms. The maximum atomic E-state index is 13.6. The van der Waals surface area contributed by atoms with Gasteiger partial charge >= 0.3 is 0 Å². The number of rotatable bonds is 4. The van der Waals surface area contributed by atoms with E-state index in [-0.39, 0.29) is 5.91 Å². The highest BCUT2D eigenvalue weighted by Crippen LogP contribution is 2.38. The summed E-state index contributed by atoms with van der Waals surface area (Å²) in [6.45, 7) is 2.61. The van der Waals surface area contributed by atoms with E-state index in [0.717, 1.165) is 42.2 Å². The molecule has 0 unspecified atom stereocenters. The zero-order valence-electron chi connectivity index (χ0n) is 15.6. The van der Waals surface area contributed by atoms with E-state index in [4.69, 9.17) is 4.42 Å². The van der Waals surface area contributed by atoms with Gasteiger partial charge in [-0.1, -0.05) is 53.4 Å². The molecule has 146 valence electrons. The summed E-state index contributed by atoms with van der Waals surface area (Å²) in [6.07, 6.45) is 0. The van der Waals surface area contributed by atoms with Gasteiger partial charge in [-0.05, 0) is 25.1 Å². The van der Waals surface area contributed by atoms with E-state index in [0.29, 0.717) is 18.1 Å². The Balaban J connectivity index is 1.53. The fourth-order valence-corrected chi connectivity index (χ4v) is 6.23. The normalized spacial score (nSPS) is 13.6. The van der Waals surface area contributed by atoms with E-state index in [1.165, 1.54) is 0 Å². The van der Waals surface area contributed by atoms with Crippen LogP contribution in [0.5, 0.6) is 0 Å². The van der Waals surface area contributed by atoms with Crippen LogP contribution in [0.3, 0.4) is 0 Å². The maximum absolute atomic E-state index is 13.6. The molecular weight excluding hydrogens is 422 g/mol. The second kappa shape index (κ2) is 7.85. The number of fused-ring (bicyclic) bond motifs is 2. The van der Waals surface area contributed by atoms with Crippen molar-refractivity contribution in [1.29, 1.82) is 0 Å². The summed E-state index contributed by atoms with van der Waals surface area (Å²) in [5.74, 6) is 1.81. The van der Waals surface area contributed by atoms with E-state index < -0.39 is 0 Å². The third kappa shape index (κ3) is 3.56. The molecule has 0 atom stereocenters. The summed E-state index contributed by atoms with van der Waals surface area (Å²) in [6, 6.07) is 15.9. The fourth-order valence-electron chi connectivity index (χ4n) is 3.39. The molecule has 8 heteroatoms. The molecule has 2 aromatic carbocycles. The number of furan rings is 1. The Labute approximate surface area is 180 Å². The smallest absolute Gasteiger partial charge is 0.294 e. The van der Waals surface area contributed by atoms with Crippen molar-refractivity contribution in [3.05, 3.63) is 64.9 Å². The predicted octanol–water partition coefficient (Wildman–Crippen LogP) is 5.64. The zero-order valence-corrected chi connectivity index (χ0v) is 18.1. The van der Waals surface area contributed by atoms with Crippen molar-refractivity contribution in [3.8, 4) is 0 Å². The Morgan fingerprint density at radius 1 is 1.17 bits per heavy atom. The SMILES string of the molecule is Cc1nnc(SCc2c(C(=O)N3CCSc4ccccc43)oc3ccccc23)s1. The van der Waals surface area contributed by atoms with Gasteiger partial charge in [0.15, 0.2) is 10.1 Å². The first-order valence-corrected chi connectivity index (χ1v) is 12.0. The van der Waals surface area contributed by atoms with Crippen LogP contribution in [0.25, 0.3) is 11.0 Å². The summed E-state index contributed by atoms with van der Waals surface area (Å²) in [5.41, 5.74) is 2.60. The number of aromatic nitrogens is 2. The molecule has 0 saturated carbocycles. The van der Waals surface area contributed by atoms with Crippen LogP contribution in [0.15, 0.2) is 62.2 Å². The second-order valence-electron chi connectivity index (χ2n) is 6.55. The Morgan fingerprint density at radius 2 is 2.00 bits per heavy atom. The zero-order chi connectivity index (χ0) is 19.8. The molecule has 0 N–H and O–H groups in total. The van der Waals surface area contributed by atoms with Crippen molar-refractivity contribution in [2.24, 2.45) is 0 Å². The highest BCUT2D eigenvalue weighted by molar-refractivity contribution is 8.00. The van der Waals surface area contributed by atoms with E-state index in [9.17, 15) is 4.79 Å². The third-order valence-corrected chi connectivity index (χ3v) is 7.76. The number of para-hydroxylation sites is 2. The summed E-state index contributed by atoms with van der Waals surface area (Å²) in [4.78, 5) is 16.5. The molecular formula is C21H17N3O2S3. The van der Waals surface area contributed by atoms with Crippen molar-refractivity contribution in [1.82, 2.24) is 10.2 Å². The lowest BCUT2D eigenvalue weighted by atomic mass is 10.1. The monoisotopic (exact) mass is 439 g/mol. The minimum atomic E-state index is -0.0852. The van der Waals surface area contributed by atoms with Crippen LogP contribution in [-0.2, 0) is 5.75 Å². The molecule has 0 aliphatic carbocycles. The van der Waals surface area contributed by atoms with Gasteiger partial charge in [-0.2, -0.15) is 0 Å². The van der Waals surface area contributed by atoms with Crippen LogP contribution in [0.2, 0.25) is 0 Å². The predicted molar refractivity (Wildman–Crippen MR) is 119 cm³/mol. The van der Waals surface area contributed by atoms with Crippen LogP contribution < -0.4 is 4.90 Å². The molecule has 5 nitrogen and oxygen atoms in total. The van der Waals surface area contributed by atoms with Gasteiger partial charge in [0.2, 0.25) is 0 Å². The Morgan fingerprint density at radius 3 is 2.86 bits per heavy atom. The minimum absolute atomic E-state index is 0.0852. The molecule has 0 saturated heterocycles. The number of thioether (sulfide) groups is 2. The number of hydrogen-bond acceptors (Lipinski definition) is 7. The first-order chi connectivity index (χ1) is 14.2. The largest absolute Gasteiger partial charge is 0.451 e. The van der Waals surface area contributed by atoms with Crippen LogP contribution in [0.1, 0.15) is 21.1 Å². The van der Waals surface area contributed by atoms with Gasteiger partial charge < -0.3 is 9.32 Å². The molecule has 0 radical (unpaired) electrons. The molecule has 1 aliphatic heterocycles. The first kappa shape index (κ1) is 18.7. The molecule has 1 amide bonds. The molecule has 4 aromatic rings. The van der Waals surface area contributed by atoms with Crippen LogP contribution in [0, 0.1) is 6.92 Å². The molecule has 29 heavy (non-hydrogen) atoms.